The zero-order valence-electron chi connectivity index (χ0n) is 11.9. The summed E-state index contributed by atoms with van der Waals surface area (Å²) in [6, 6.07) is 3.93. The third-order valence-electron chi connectivity index (χ3n) is 3.20. The summed E-state index contributed by atoms with van der Waals surface area (Å²) in [6.07, 6.45) is 0.653. The largest absolute Gasteiger partial charge is 0.349 e. The minimum absolute atomic E-state index is 0.0153. The molecule has 0 aliphatic heterocycles. The van der Waals surface area contributed by atoms with Gasteiger partial charge in [-0.1, -0.05) is 6.07 Å². The predicted molar refractivity (Wildman–Crippen MR) is 86.2 cm³/mol. The van der Waals surface area contributed by atoms with Crippen LogP contribution in [0, 0.1) is 11.7 Å². The van der Waals surface area contributed by atoms with Gasteiger partial charge in [0.15, 0.2) is 4.77 Å². The molecule has 3 N–H and O–H groups in total. The minimum atomic E-state index is -0.227. The molecule has 2 aromatic heterocycles. The molecule has 0 spiro atoms. The van der Waals surface area contributed by atoms with E-state index in [-0.39, 0.29) is 23.9 Å². The quantitative estimate of drug-likeness (QED) is 0.740. The van der Waals surface area contributed by atoms with Crippen LogP contribution in [0.3, 0.4) is 0 Å². The van der Waals surface area contributed by atoms with Crippen LogP contribution in [0.4, 0.5) is 0 Å². The Balaban J connectivity index is 1.96. The van der Waals surface area contributed by atoms with E-state index in [0.29, 0.717) is 22.4 Å². The van der Waals surface area contributed by atoms with E-state index in [9.17, 15) is 9.59 Å². The third kappa shape index (κ3) is 4.12. The van der Waals surface area contributed by atoms with Gasteiger partial charge in [-0.25, -0.2) is 0 Å². The fourth-order valence-electron chi connectivity index (χ4n) is 2.09. The van der Waals surface area contributed by atoms with Gasteiger partial charge in [0.1, 0.15) is 0 Å². The molecule has 7 heteroatoms. The van der Waals surface area contributed by atoms with Gasteiger partial charge in [0.2, 0.25) is 5.91 Å². The van der Waals surface area contributed by atoms with Crippen molar-refractivity contribution >= 4 is 29.5 Å². The molecule has 0 aliphatic carbocycles. The van der Waals surface area contributed by atoms with Crippen LogP contribution < -0.4 is 10.9 Å². The van der Waals surface area contributed by atoms with E-state index in [2.05, 4.69) is 15.3 Å². The number of carbonyl (C=O) groups excluding carboxylic acids is 1. The first-order valence-electron chi connectivity index (χ1n) is 6.62. The zero-order valence-corrected chi connectivity index (χ0v) is 13.5. The van der Waals surface area contributed by atoms with Gasteiger partial charge in [0, 0.05) is 22.6 Å². The molecule has 21 heavy (non-hydrogen) atoms. The van der Waals surface area contributed by atoms with E-state index in [1.165, 1.54) is 0 Å². The third-order valence-corrected chi connectivity index (χ3v) is 4.46. The number of nitrogens with one attached hydrogen (secondary N) is 3. The van der Waals surface area contributed by atoms with Crippen molar-refractivity contribution in [2.75, 3.05) is 0 Å². The summed E-state index contributed by atoms with van der Waals surface area (Å²) in [5.41, 5.74) is 1.06. The second kappa shape index (κ2) is 6.82. The highest BCUT2D eigenvalue weighted by Crippen LogP contribution is 2.18. The summed E-state index contributed by atoms with van der Waals surface area (Å²) < 4.78 is 0.303. The summed E-state index contributed by atoms with van der Waals surface area (Å²) >= 11 is 6.50. The predicted octanol–water partition coefficient (Wildman–Crippen LogP) is 2.61. The first-order chi connectivity index (χ1) is 9.97. The lowest BCUT2D eigenvalue weighted by Crippen LogP contribution is -2.27. The molecule has 2 heterocycles. The highest BCUT2D eigenvalue weighted by Gasteiger charge is 2.12. The molecule has 0 radical (unpaired) electrons. The number of hydrogen-bond donors (Lipinski definition) is 3. The lowest BCUT2D eigenvalue weighted by atomic mass is 10.1. The Hall–Kier alpha value is -1.73. The van der Waals surface area contributed by atoms with Crippen molar-refractivity contribution in [1.82, 2.24) is 15.3 Å². The van der Waals surface area contributed by atoms with Crippen LogP contribution in [-0.2, 0) is 11.2 Å². The molecular formula is C14H17N3O2S2. The molecule has 0 fully saturated rings. The van der Waals surface area contributed by atoms with Crippen LogP contribution >= 0.6 is 23.6 Å². The normalized spacial score (nSPS) is 12.1. The molecule has 1 atom stereocenters. The maximum absolute atomic E-state index is 12.0. The summed E-state index contributed by atoms with van der Waals surface area (Å²) in [5, 5.41) is 4.91. The van der Waals surface area contributed by atoms with Crippen LogP contribution in [0.15, 0.2) is 22.3 Å². The van der Waals surface area contributed by atoms with Gasteiger partial charge in [-0.05, 0) is 43.9 Å². The van der Waals surface area contributed by atoms with Crippen LogP contribution in [0.5, 0.6) is 0 Å². The zero-order chi connectivity index (χ0) is 15.4. The van der Waals surface area contributed by atoms with Gasteiger partial charge in [0.05, 0.1) is 6.04 Å². The Labute approximate surface area is 131 Å². The number of rotatable bonds is 5. The molecule has 5 nitrogen and oxygen atoms in total. The monoisotopic (exact) mass is 323 g/mol. The topological polar surface area (TPSA) is 77.8 Å². The average molecular weight is 323 g/mol. The van der Waals surface area contributed by atoms with Gasteiger partial charge in [-0.15, -0.1) is 11.3 Å². The highest BCUT2D eigenvalue weighted by molar-refractivity contribution is 7.71. The van der Waals surface area contributed by atoms with Gasteiger partial charge in [-0.2, -0.15) is 0 Å². The van der Waals surface area contributed by atoms with Gasteiger partial charge in [-0.3, -0.25) is 14.6 Å². The maximum atomic E-state index is 12.0. The molecule has 0 bridgehead atoms. The number of H-pyrrole nitrogens is 2. The molecule has 0 saturated carbocycles. The summed E-state index contributed by atoms with van der Waals surface area (Å²) in [6.45, 7) is 3.73. The summed E-state index contributed by atoms with van der Waals surface area (Å²) in [7, 11) is 0. The number of thiophene rings is 1. The van der Waals surface area contributed by atoms with Crippen molar-refractivity contribution in [3.63, 3.8) is 0 Å². The average Bonchev–Trinajstić information content (AvgIpc) is 2.91. The second-order valence-electron chi connectivity index (χ2n) is 4.82. The first-order valence-corrected chi connectivity index (χ1v) is 7.91. The number of aryl methyl sites for hydroxylation is 1. The van der Waals surface area contributed by atoms with E-state index in [4.69, 9.17) is 12.2 Å². The molecule has 1 amide bonds. The van der Waals surface area contributed by atoms with Crippen LogP contribution in [0.1, 0.15) is 35.5 Å². The number of amides is 1. The number of hydrogen-bond acceptors (Lipinski definition) is 4. The lowest BCUT2D eigenvalue weighted by molar-refractivity contribution is -0.121. The Morgan fingerprint density at radius 1 is 1.48 bits per heavy atom. The Morgan fingerprint density at radius 2 is 2.24 bits per heavy atom. The SMILES string of the molecule is Cc1[nH]c(=S)[nH]c(=O)c1CCC(=O)NC(C)c1cccs1. The Kier molecular flexibility index (Phi) is 5.08. The highest BCUT2D eigenvalue weighted by atomic mass is 32.1. The van der Waals surface area contributed by atoms with Gasteiger partial charge in [0.25, 0.3) is 5.56 Å². The van der Waals surface area contributed by atoms with Crippen LogP contribution in [-0.4, -0.2) is 15.9 Å². The van der Waals surface area contributed by atoms with Gasteiger partial charge < -0.3 is 10.3 Å². The Morgan fingerprint density at radius 3 is 2.86 bits per heavy atom. The smallest absolute Gasteiger partial charge is 0.255 e. The van der Waals surface area contributed by atoms with E-state index in [1.807, 2.05) is 24.4 Å². The molecule has 0 saturated heterocycles. The summed E-state index contributed by atoms with van der Waals surface area (Å²) in [5.74, 6) is -0.0721. The fourth-order valence-corrected chi connectivity index (χ4v) is 3.07. The van der Waals surface area contributed by atoms with E-state index >= 15 is 0 Å². The van der Waals surface area contributed by atoms with Crippen molar-refractivity contribution in [3.05, 3.63) is 48.8 Å². The van der Waals surface area contributed by atoms with Crippen LogP contribution in [0.25, 0.3) is 0 Å². The number of aromatic nitrogens is 2. The van der Waals surface area contributed by atoms with E-state index < -0.39 is 0 Å². The van der Waals surface area contributed by atoms with Gasteiger partial charge >= 0.3 is 0 Å². The number of carbonyl (C=O) groups is 1. The molecule has 0 aromatic carbocycles. The maximum Gasteiger partial charge on any atom is 0.255 e. The Bertz CT molecular complexity index is 731. The van der Waals surface area contributed by atoms with E-state index in [1.54, 1.807) is 18.3 Å². The van der Waals surface area contributed by atoms with Crippen molar-refractivity contribution in [2.24, 2.45) is 0 Å². The minimum Gasteiger partial charge on any atom is -0.349 e. The molecule has 2 aromatic rings. The standard InChI is InChI=1S/C14H17N3O2S2/c1-8-10(13(19)17-14(20)16-8)5-6-12(18)15-9(2)11-4-3-7-21-11/h3-4,7,9H,5-6H2,1-2H3,(H,15,18)(H2,16,17,19,20). The fraction of sp³-hybridized carbons (Fsp3) is 0.357. The van der Waals surface area contributed by atoms with E-state index in [0.717, 1.165) is 4.88 Å². The van der Waals surface area contributed by atoms with Crippen molar-refractivity contribution < 1.29 is 4.79 Å². The number of aromatic amines is 2. The molecule has 0 aliphatic rings. The molecular weight excluding hydrogens is 306 g/mol. The van der Waals surface area contributed by atoms with Crippen LogP contribution in [0.2, 0.25) is 0 Å². The van der Waals surface area contributed by atoms with Crippen molar-refractivity contribution in [2.45, 2.75) is 32.7 Å². The molecule has 112 valence electrons. The van der Waals surface area contributed by atoms with Crippen molar-refractivity contribution in [1.29, 1.82) is 0 Å². The first kappa shape index (κ1) is 15.7. The van der Waals surface area contributed by atoms with Crippen molar-refractivity contribution in [3.8, 4) is 0 Å². The molecule has 2 rings (SSSR count). The lowest BCUT2D eigenvalue weighted by Gasteiger charge is -2.12. The summed E-state index contributed by atoms with van der Waals surface area (Å²) in [4.78, 5) is 30.3. The second-order valence-corrected chi connectivity index (χ2v) is 6.20. The molecule has 1 unspecified atom stereocenters.